The van der Waals surface area contributed by atoms with E-state index in [0.717, 1.165) is 24.3 Å². The van der Waals surface area contributed by atoms with Crippen molar-refractivity contribution in [3.8, 4) is 5.75 Å². The minimum absolute atomic E-state index is 0.0526. The highest BCUT2D eigenvalue weighted by Gasteiger charge is 2.53. The van der Waals surface area contributed by atoms with Crippen LogP contribution in [0.25, 0.3) is 0 Å². The molecule has 4 aliphatic rings. The maximum absolute atomic E-state index is 11.3. The monoisotopic (exact) mass is 344 g/mol. The molecule has 0 amide bonds. The van der Waals surface area contributed by atoms with Crippen molar-refractivity contribution < 1.29 is 20.0 Å². The van der Waals surface area contributed by atoms with Crippen molar-refractivity contribution >= 4 is 5.78 Å². The second-order valence-electron chi connectivity index (χ2n) is 8.77. The van der Waals surface area contributed by atoms with Crippen LogP contribution in [0.1, 0.15) is 55.8 Å². The number of ether oxygens (including phenoxy) is 1. The molecule has 4 nitrogen and oxygen atoms in total. The van der Waals surface area contributed by atoms with Crippen molar-refractivity contribution in [1.29, 1.82) is 0 Å². The fourth-order valence-corrected chi connectivity index (χ4v) is 5.86. The van der Waals surface area contributed by atoms with E-state index < -0.39 is 6.10 Å². The molecule has 0 spiro atoms. The maximum Gasteiger partial charge on any atom is 0.159 e. The molecule has 1 aromatic carbocycles. The molecule has 0 heterocycles. The number of quaternary nitrogens is 1. The van der Waals surface area contributed by atoms with Gasteiger partial charge in [-0.1, -0.05) is 0 Å². The molecule has 0 unspecified atom stereocenters. The minimum atomic E-state index is -0.458. The first-order valence-corrected chi connectivity index (χ1v) is 9.77. The summed E-state index contributed by atoms with van der Waals surface area (Å²) >= 11 is 0. The first-order valence-electron chi connectivity index (χ1n) is 9.77. The van der Waals surface area contributed by atoms with Crippen molar-refractivity contribution in [3.05, 3.63) is 29.8 Å². The summed E-state index contributed by atoms with van der Waals surface area (Å²) < 4.78 is 5.69. The van der Waals surface area contributed by atoms with Crippen molar-refractivity contribution in [1.82, 2.24) is 0 Å². The molecule has 25 heavy (non-hydrogen) atoms. The molecule has 0 aromatic heterocycles. The Morgan fingerprint density at radius 2 is 1.72 bits per heavy atom. The number of nitrogens with two attached hydrogens (primary N) is 1. The van der Waals surface area contributed by atoms with E-state index in [9.17, 15) is 9.90 Å². The third kappa shape index (κ3) is 3.75. The minimum Gasteiger partial charge on any atom is -0.491 e. The van der Waals surface area contributed by atoms with Gasteiger partial charge >= 0.3 is 0 Å². The van der Waals surface area contributed by atoms with Gasteiger partial charge in [-0.3, -0.25) is 4.79 Å². The Hall–Kier alpha value is -1.39. The third-order valence-corrected chi connectivity index (χ3v) is 6.61. The second kappa shape index (κ2) is 6.73. The normalized spacial score (nSPS) is 34.1. The lowest BCUT2D eigenvalue weighted by atomic mass is 9.53. The molecule has 1 aromatic rings. The number of Topliss-reactive ketones (excluding diaryl/α,β-unsaturated/α-hetero) is 1. The Labute approximate surface area is 150 Å². The Bertz CT molecular complexity index is 589. The van der Waals surface area contributed by atoms with E-state index in [-0.39, 0.29) is 5.78 Å². The van der Waals surface area contributed by atoms with Gasteiger partial charge in [0.1, 0.15) is 25.0 Å². The Balaban J connectivity index is 1.25. The van der Waals surface area contributed by atoms with Gasteiger partial charge in [-0.25, -0.2) is 0 Å². The molecule has 4 aliphatic carbocycles. The van der Waals surface area contributed by atoms with E-state index in [1.54, 1.807) is 31.2 Å². The first kappa shape index (κ1) is 17.0. The Kier molecular flexibility index (Phi) is 4.59. The van der Waals surface area contributed by atoms with Crippen LogP contribution >= 0.6 is 0 Å². The molecular weight excluding hydrogens is 314 g/mol. The van der Waals surface area contributed by atoms with Gasteiger partial charge in [0.15, 0.2) is 5.78 Å². The van der Waals surface area contributed by atoms with E-state index in [0.29, 0.717) is 23.5 Å². The zero-order chi connectivity index (χ0) is 17.4. The van der Waals surface area contributed by atoms with Crippen LogP contribution in [0, 0.1) is 17.8 Å². The lowest BCUT2D eigenvalue weighted by Gasteiger charge is -2.54. The summed E-state index contributed by atoms with van der Waals surface area (Å²) in [7, 11) is 0. The van der Waals surface area contributed by atoms with Crippen molar-refractivity contribution in [2.24, 2.45) is 17.8 Å². The highest BCUT2D eigenvalue weighted by Crippen LogP contribution is 2.54. The summed E-state index contributed by atoms with van der Waals surface area (Å²) in [5.41, 5.74) is 1.09. The number of hydrogen-bond acceptors (Lipinski definition) is 3. The molecular formula is C21H30NO3+. The van der Waals surface area contributed by atoms with Gasteiger partial charge in [0.05, 0.1) is 5.54 Å². The van der Waals surface area contributed by atoms with Crippen LogP contribution in [0.5, 0.6) is 5.75 Å². The average molecular weight is 344 g/mol. The van der Waals surface area contributed by atoms with E-state index in [4.69, 9.17) is 4.74 Å². The number of rotatable bonds is 7. The van der Waals surface area contributed by atoms with Crippen molar-refractivity contribution in [2.45, 2.75) is 57.1 Å². The molecule has 0 saturated heterocycles. The number of hydrogen-bond donors (Lipinski definition) is 2. The summed E-state index contributed by atoms with van der Waals surface area (Å²) in [6.45, 7) is 2.58. The van der Waals surface area contributed by atoms with Gasteiger partial charge in [0, 0.05) is 24.8 Å². The predicted molar refractivity (Wildman–Crippen MR) is 95.6 cm³/mol. The standard InChI is InChI=1S/C21H29NO3/c1-14(23)18-2-4-20(5-3-18)25-13-19(24)12-22-21-9-15-6-16(10-21)8-17(7-15)11-21/h2-5,15-17,19,22,24H,6-13H2,1H3/p+1/t15?,16?,17?,19-,21?/m1/s1. The van der Waals surface area contributed by atoms with Crippen LogP contribution < -0.4 is 10.1 Å². The topological polar surface area (TPSA) is 63.1 Å². The zero-order valence-corrected chi connectivity index (χ0v) is 15.1. The molecule has 4 heteroatoms. The first-order chi connectivity index (χ1) is 12.0. The van der Waals surface area contributed by atoms with Gasteiger partial charge in [0.25, 0.3) is 0 Å². The maximum atomic E-state index is 11.3. The smallest absolute Gasteiger partial charge is 0.159 e. The number of ketones is 1. The van der Waals surface area contributed by atoms with Gasteiger partial charge in [-0.05, 0) is 68.2 Å². The van der Waals surface area contributed by atoms with Crippen molar-refractivity contribution in [2.75, 3.05) is 13.2 Å². The molecule has 1 atom stereocenters. The number of aliphatic hydroxyl groups excluding tert-OH is 1. The number of aliphatic hydroxyl groups is 1. The molecule has 3 N–H and O–H groups in total. The highest BCUT2D eigenvalue weighted by molar-refractivity contribution is 5.94. The van der Waals surface area contributed by atoms with E-state index in [1.165, 1.54) is 38.5 Å². The fraction of sp³-hybridized carbons (Fsp3) is 0.667. The summed E-state index contributed by atoms with van der Waals surface area (Å²) in [6.07, 6.45) is 7.94. The van der Waals surface area contributed by atoms with Crippen LogP contribution in [0.4, 0.5) is 0 Å². The molecule has 4 fully saturated rings. The number of benzene rings is 1. The molecule has 0 radical (unpaired) electrons. The van der Waals surface area contributed by atoms with Crippen LogP contribution in [0.15, 0.2) is 24.3 Å². The molecule has 136 valence electrons. The highest BCUT2D eigenvalue weighted by atomic mass is 16.5. The lowest BCUT2D eigenvalue weighted by Crippen LogP contribution is -3.00. The second-order valence-corrected chi connectivity index (χ2v) is 8.77. The van der Waals surface area contributed by atoms with Crippen molar-refractivity contribution in [3.63, 3.8) is 0 Å². The SMILES string of the molecule is CC(=O)c1ccc(OC[C@H](O)C[NH2+]C23CC4CC(CC(C4)C2)C3)cc1. The number of carbonyl (C=O) groups is 1. The predicted octanol–water partition coefficient (Wildman–Crippen LogP) is 2.16. The summed E-state index contributed by atoms with van der Waals surface area (Å²) in [4.78, 5) is 11.3. The van der Waals surface area contributed by atoms with E-state index >= 15 is 0 Å². The quantitative estimate of drug-likeness (QED) is 0.745. The Morgan fingerprint density at radius 3 is 2.24 bits per heavy atom. The molecule has 5 rings (SSSR count). The fourth-order valence-electron chi connectivity index (χ4n) is 5.86. The molecule has 0 aliphatic heterocycles. The number of carbonyl (C=O) groups excluding carboxylic acids is 1. The third-order valence-electron chi connectivity index (χ3n) is 6.61. The zero-order valence-electron chi connectivity index (χ0n) is 15.1. The largest absolute Gasteiger partial charge is 0.491 e. The van der Waals surface area contributed by atoms with Crippen LogP contribution in [0.3, 0.4) is 0 Å². The van der Waals surface area contributed by atoms with Gasteiger partial charge < -0.3 is 15.2 Å². The van der Waals surface area contributed by atoms with Crippen LogP contribution in [0.2, 0.25) is 0 Å². The summed E-state index contributed by atoms with van der Waals surface area (Å²) in [5, 5.41) is 12.8. The Morgan fingerprint density at radius 1 is 1.16 bits per heavy atom. The lowest BCUT2D eigenvalue weighted by molar-refractivity contribution is -0.743. The summed E-state index contributed by atoms with van der Waals surface area (Å²) in [5.74, 6) is 3.58. The van der Waals surface area contributed by atoms with Gasteiger partial charge in [-0.15, -0.1) is 0 Å². The average Bonchev–Trinajstić information content (AvgIpc) is 2.57. The van der Waals surface area contributed by atoms with Crippen LogP contribution in [-0.2, 0) is 0 Å². The van der Waals surface area contributed by atoms with E-state index in [1.807, 2.05) is 0 Å². The van der Waals surface area contributed by atoms with Gasteiger partial charge in [-0.2, -0.15) is 0 Å². The molecule has 4 saturated carbocycles. The summed E-state index contributed by atoms with van der Waals surface area (Å²) in [6, 6.07) is 7.13. The van der Waals surface area contributed by atoms with Crippen LogP contribution in [-0.4, -0.2) is 35.7 Å². The van der Waals surface area contributed by atoms with Gasteiger partial charge in [0.2, 0.25) is 0 Å². The van der Waals surface area contributed by atoms with E-state index in [2.05, 4.69) is 5.32 Å². The molecule has 4 bridgehead atoms.